The maximum Gasteiger partial charge on any atom is 0.416 e. The molecule has 2 heterocycles. The van der Waals surface area contributed by atoms with E-state index in [2.05, 4.69) is 15.1 Å². The van der Waals surface area contributed by atoms with Crippen LogP contribution in [0.15, 0.2) is 24.3 Å². The molecule has 1 aromatic rings. The van der Waals surface area contributed by atoms with E-state index in [0.29, 0.717) is 16.8 Å². The van der Waals surface area contributed by atoms with Crippen molar-refractivity contribution in [2.75, 3.05) is 43.0 Å². The van der Waals surface area contributed by atoms with E-state index >= 15 is 0 Å². The molecule has 0 spiro atoms. The Morgan fingerprint density at radius 3 is 2.20 bits per heavy atom. The van der Waals surface area contributed by atoms with E-state index in [4.69, 9.17) is 12.2 Å². The van der Waals surface area contributed by atoms with Gasteiger partial charge >= 0.3 is 6.18 Å². The molecule has 2 saturated heterocycles. The van der Waals surface area contributed by atoms with E-state index in [-0.39, 0.29) is 0 Å². The second-order valence-corrected chi connectivity index (χ2v) is 7.98. The van der Waals surface area contributed by atoms with Gasteiger partial charge in [0.05, 0.1) is 5.56 Å². The number of hydrogen-bond donors (Lipinski definition) is 1. The summed E-state index contributed by atoms with van der Waals surface area (Å²) < 4.78 is 37.8. The van der Waals surface area contributed by atoms with Gasteiger partial charge in [0, 0.05) is 37.9 Å². The van der Waals surface area contributed by atoms with Gasteiger partial charge in [0.1, 0.15) is 0 Å². The van der Waals surface area contributed by atoms with Crippen LogP contribution in [0.25, 0.3) is 0 Å². The molecule has 0 bridgehead atoms. The topological polar surface area (TPSA) is 18.5 Å². The van der Waals surface area contributed by atoms with Gasteiger partial charge in [-0.3, -0.25) is 4.90 Å². The summed E-state index contributed by atoms with van der Waals surface area (Å²) in [7, 11) is 0. The lowest BCUT2D eigenvalue weighted by Crippen LogP contribution is -2.53. The van der Waals surface area contributed by atoms with Crippen LogP contribution >= 0.6 is 24.0 Å². The van der Waals surface area contributed by atoms with Crippen molar-refractivity contribution in [2.45, 2.75) is 25.1 Å². The fourth-order valence-electron chi connectivity index (χ4n) is 3.29. The highest BCUT2D eigenvalue weighted by Crippen LogP contribution is 2.30. The minimum atomic E-state index is -4.31. The number of anilines is 1. The molecule has 8 heteroatoms. The molecule has 0 amide bonds. The molecule has 2 aliphatic heterocycles. The molecular formula is C17H22F3N3S2. The maximum absolute atomic E-state index is 12.6. The minimum absolute atomic E-state index is 0.582. The molecule has 0 atom stereocenters. The molecular weight excluding hydrogens is 367 g/mol. The largest absolute Gasteiger partial charge is 0.416 e. The van der Waals surface area contributed by atoms with Crippen molar-refractivity contribution in [3.05, 3.63) is 29.8 Å². The predicted octanol–water partition coefficient (Wildman–Crippen LogP) is 3.92. The smallest absolute Gasteiger partial charge is 0.346 e. The number of alkyl halides is 3. The van der Waals surface area contributed by atoms with Crippen molar-refractivity contribution < 1.29 is 13.2 Å². The van der Waals surface area contributed by atoms with Gasteiger partial charge in [0.25, 0.3) is 0 Å². The average molecular weight is 390 g/mol. The van der Waals surface area contributed by atoms with Crippen molar-refractivity contribution >= 4 is 34.8 Å². The summed E-state index contributed by atoms with van der Waals surface area (Å²) in [5.41, 5.74) is -0.0621. The zero-order chi connectivity index (χ0) is 17.9. The normalized spacial score (nSPS) is 20.5. The van der Waals surface area contributed by atoms with Crippen molar-refractivity contribution in [3.8, 4) is 0 Å². The third-order valence-corrected chi connectivity index (χ3v) is 6.18. The van der Waals surface area contributed by atoms with Crippen LogP contribution in [-0.2, 0) is 6.18 Å². The number of hydrogen-bond acceptors (Lipinski definition) is 3. The van der Waals surface area contributed by atoms with E-state index in [1.807, 2.05) is 11.8 Å². The van der Waals surface area contributed by atoms with Crippen LogP contribution in [0.3, 0.4) is 0 Å². The van der Waals surface area contributed by atoms with Gasteiger partial charge in [-0.15, -0.1) is 0 Å². The fourth-order valence-corrected chi connectivity index (χ4v) is 4.67. The van der Waals surface area contributed by atoms with Gasteiger partial charge in [-0.25, -0.2) is 0 Å². The monoisotopic (exact) mass is 389 g/mol. The Morgan fingerprint density at radius 1 is 1.04 bits per heavy atom. The zero-order valence-electron chi connectivity index (χ0n) is 13.9. The molecule has 3 rings (SSSR count). The van der Waals surface area contributed by atoms with E-state index in [0.717, 1.165) is 38.3 Å². The average Bonchev–Trinajstić information content (AvgIpc) is 2.62. The highest BCUT2D eigenvalue weighted by atomic mass is 32.2. The number of benzene rings is 1. The van der Waals surface area contributed by atoms with Crippen LogP contribution in [0.5, 0.6) is 0 Å². The summed E-state index contributed by atoms with van der Waals surface area (Å²) in [6.45, 7) is 3.69. The molecule has 2 aliphatic rings. The molecule has 1 N–H and O–H groups in total. The maximum atomic E-state index is 12.6. The van der Waals surface area contributed by atoms with E-state index in [1.54, 1.807) is 0 Å². The Morgan fingerprint density at radius 2 is 1.64 bits per heavy atom. The second kappa shape index (κ2) is 8.14. The molecule has 0 saturated carbocycles. The number of thiocarbonyl (C=S) groups is 1. The van der Waals surface area contributed by atoms with Crippen LogP contribution in [0, 0.1) is 0 Å². The lowest BCUT2D eigenvalue weighted by molar-refractivity contribution is -0.137. The number of nitrogens with one attached hydrogen (secondary N) is 1. The number of piperazine rings is 1. The Bertz CT molecular complexity index is 578. The molecule has 0 radical (unpaired) electrons. The van der Waals surface area contributed by atoms with Gasteiger partial charge in [-0.2, -0.15) is 24.9 Å². The summed E-state index contributed by atoms with van der Waals surface area (Å²) in [6, 6.07) is 5.68. The van der Waals surface area contributed by atoms with E-state index in [1.165, 1.54) is 36.5 Å². The lowest BCUT2D eigenvalue weighted by Gasteiger charge is -2.41. The van der Waals surface area contributed by atoms with Gasteiger partial charge in [-0.1, -0.05) is 0 Å². The highest BCUT2D eigenvalue weighted by Gasteiger charge is 2.30. The fraction of sp³-hybridized carbons (Fsp3) is 0.588. The second-order valence-electron chi connectivity index (χ2n) is 6.37. The standard InChI is InChI=1S/C17H22F3N3S2/c18-17(19,20)13-1-3-14(4-2-13)21-16(24)23-9-7-22(8-10-23)15-5-11-25-12-6-15/h1-4,15H,5-12H2,(H,21,24). The summed E-state index contributed by atoms with van der Waals surface area (Å²) >= 11 is 7.46. The molecule has 3 nitrogen and oxygen atoms in total. The SMILES string of the molecule is FC(F)(F)c1ccc(NC(=S)N2CCN(C3CCSCC3)CC2)cc1. The Kier molecular flexibility index (Phi) is 6.12. The van der Waals surface area contributed by atoms with E-state index in [9.17, 15) is 13.2 Å². The van der Waals surface area contributed by atoms with Crippen molar-refractivity contribution in [2.24, 2.45) is 0 Å². The highest BCUT2D eigenvalue weighted by molar-refractivity contribution is 7.99. The van der Waals surface area contributed by atoms with Crippen molar-refractivity contribution in [3.63, 3.8) is 0 Å². The molecule has 0 aromatic heterocycles. The van der Waals surface area contributed by atoms with Crippen LogP contribution < -0.4 is 5.32 Å². The Hall–Kier alpha value is -0.990. The first-order valence-electron chi connectivity index (χ1n) is 8.48. The third kappa shape index (κ3) is 5.01. The first kappa shape index (κ1) is 18.8. The first-order chi connectivity index (χ1) is 11.9. The number of rotatable bonds is 2. The Balaban J connectivity index is 1.49. The quantitative estimate of drug-likeness (QED) is 0.771. The van der Waals surface area contributed by atoms with Gasteiger partial charge in [0.2, 0.25) is 0 Å². The molecule has 0 aliphatic carbocycles. The lowest BCUT2D eigenvalue weighted by atomic mass is 10.1. The van der Waals surface area contributed by atoms with Crippen LogP contribution in [0.2, 0.25) is 0 Å². The van der Waals surface area contributed by atoms with Crippen molar-refractivity contribution in [1.29, 1.82) is 0 Å². The first-order valence-corrected chi connectivity index (χ1v) is 10.0. The summed E-state index contributed by atoms with van der Waals surface area (Å²) in [5, 5.41) is 3.63. The molecule has 25 heavy (non-hydrogen) atoms. The van der Waals surface area contributed by atoms with Gasteiger partial charge in [0.15, 0.2) is 5.11 Å². The number of halogens is 3. The predicted molar refractivity (Wildman–Crippen MR) is 101 cm³/mol. The van der Waals surface area contributed by atoms with Crippen LogP contribution in [0.4, 0.5) is 18.9 Å². The molecule has 2 fully saturated rings. The molecule has 0 unspecified atom stereocenters. The van der Waals surface area contributed by atoms with Crippen LogP contribution in [-0.4, -0.2) is 58.6 Å². The van der Waals surface area contributed by atoms with Gasteiger partial charge in [-0.05, 0) is 60.8 Å². The summed E-state index contributed by atoms with van der Waals surface area (Å²) in [6.07, 6.45) is -1.79. The molecule has 138 valence electrons. The van der Waals surface area contributed by atoms with Crippen LogP contribution in [0.1, 0.15) is 18.4 Å². The van der Waals surface area contributed by atoms with Crippen molar-refractivity contribution in [1.82, 2.24) is 9.80 Å². The zero-order valence-corrected chi connectivity index (χ0v) is 15.5. The number of nitrogens with zero attached hydrogens (tertiary/aromatic N) is 2. The third-order valence-electron chi connectivity index (χ3n) is 4.77. The van der Waals surface area contributed by atoms with E-state index < -0.39 is 11.7 Å². The Labute approximate surface area is 155 Å². The summed E-state index contributed by atoms with van der Waals surface area (Å²) in [5.74, 6) is 2.50. The molecule has 1 aromatic carbocycles. The number of thioether (sulfide) groups is 1. The summed E-state index contributed by atoms with van der Waals surface area (Å²) in [4.78, 5) is 4.65. The van der Waals surface area contributed by atoms with Gasteiger partial charge < -0.3 is 10.2 Å². The minimum Gasteiger partial charge on any atom is -0.346 e.